The number of anilines is 1. The molecule has 2 rings (SSSR count). The van der Waals surface area contributed by atoms with Crippen LogP contribution in [0.5, 0.6) is 0 Å². The van der Waals surface area contributed by atoms with Crippen LogP contribution in [0.2, 0.25) is 0 Å². The van der Waals surface area contributed by atoms with Crippen LogP contribution in [0.15, 0.2) is 48.5 Å². The second kappa shape index (κ2) is 6.01. The lowest BCUT2D eigenvalue weighted by Crippen LogP contribution is -2.09. The summed E-state index contributed by atoms with van der Waals surface area (Å²) in [5, 5.41) is 12.0. The molecule has 0 radical (unpaired) electrons. The van der Waals surface area contributed by atoms with E-state index in [1.807, 2.05) is 36.4 Å². The van der Waals surface area contributed by atoms with E-state index in [2.05, 4.69) is 12.2 Å². The maximum atomic E-state index is 13.5. The fraction of sp³-hybridized carbons (Fsp3) is 0.188. The summed E-state index contributed by atoms with van der Waals surface area (Å²) in [6, 6.07) is 16.6. The number of nitriles is 1. The monoisotopic (exact) mass is 254 g/mol. The van der Waals surface area contributed by atoms with Crippen LogP contribution in [-0.4, -0.2) is 0 Å². The third kappa shape index (κ3) is 3.11. The minimum atomic E-state index is -0.490. The Kier molecular flexibility index (Phi) is 4.15. The molecule has 2 aromatic carbocycles. The first-order valence-corrected chi connectivity index (χ1v) is 6.25. The summed E-state index contributed by atoms with van der Waals surface area (Å²) in [5.74, 6) is -0.490. The molecular weight excluding hydrogens is 239 g/mol. The fourth-order valence-corrected chi connectivity index (χ4v) is 2.00. The third-order valence-electron chi connectivity index (χ3n) is 3.04. The molecule has 0 bridgehead atoms. The highest BCUT2D eigenvalue weighted by atomic mass is 19.1. The van der Waals surface area contributed by atoms with Crippen molar-refractivity contribution in [2.75, 3.05) is 5.32 Å². The summed E-state index contributed by atoms with van der Waals surface area (Å²) in [6.07, 6.45) is 0.894. The molecule has 2 aromatic rings. The van der Waals surface area contributed by atoms with E-state index in [4.69, 9.17) is 5.26 Å². The van der Waals surface area contributed by atoms with Crippen LogP contribution in [0, 0.1) is 17.1 Å². The molecule has 0 saturated heterocycles. The van der Waals surface area contributed by atoms with Crippen LogP contribution in [-0.2, 0) is 0 Å². The van der Waals surface area contributed by atoms with Crippen molar-refractivity contribution in [1.29, 1.82) is 5.26 Å². The highest BCUT2D eigenvalue weighted by molar-refractivity contribution is 5.49. The highest BCUT2D eigenvalue weighted by Gasteiger charge is 2.10. The molecule has 19 heavy (non-hydrogen) atoms. The topological polar surface area (TPSA) is 35.8 Å². The SMILES string of the molecule is CCC(Nc1ccc(C#N)c(F)c1)c1ccccc1. The Morgan fingerprint density at radius 1 is 1.21 bits per heavy atom. The average Bonchev–Trinajstić information content (AvgIpc) is 2.46. The molecule has 2 nitrogen and oxygen atoms in total. The number of nitrogens with one attached hydrogen (secondary N) is 1. The predicted molar refractivity (Wildman–Crippen MR) is 74.2 cm³/mol. The van der Waals surface area contributed by atoms with Gasteiger partial charge in [0, 0.05) is 5.69 Å². The van der Waals surface area contributed by atoms with Crippen molar-refractivity contribution in [2.24, 2.45) is 0 Å². The standard InChI is InChI=1S/C16H15FN2/c1-2-16(12-6-4-3-5-7-12)19-14-9-8-13(11-18)15(17)10-14/h3-10,16,19H,2H2,1H3. The smallest absolute Gasteiger partial charge is 0.143 e. The lowest BCUT2D eigenvalue weighted by Gasteiger charge is -2.18. The first kappa shape index (κ1) is 13.1. The lowest BCUT2D eigenvalue weighted by atomic mass is 10.0. The van der Waals surface area contributed by atoms with Gasteiger partial charge >= 0.3 is 0 Å². The number of benzene rings is 2. The summed E-state index contributed by atoms with van der Waals surface area (Å²) in [5.41, 5.74) is 1.92. The van der Waals surface area contributed by atoms with Crippen molar-refractivity contribution in [1.82, 2.24) is 0 Å². The zero-order chi connectivity index (χ0) is 13.7. The van der Waals surface area contributed by atoms with Crippen LogP contribution >= 0.6 is 0 Å². The molecule has 0 heterocycles. The summed E-state index contributed by atoms with van der Waals surface area (Å²) in [4.78, 5) is 0. The summed E-state index contributed by atoms with van der Waals surface area (Å²) >= 11 is 0. The van der Waals surface area contributed by atoms with Crippen LogP contribution in [0.4, 0.5) is 10.1 Å². The first-order chi connectivity index (χ1) is 9.24. The van der Waals surface area contributed by atoms with Crippen molar-refractivity contribution < 1.29 is 4.39 Å². The van der Waals surface area contributed by atoms with Crippen LogP contribution < -0.4 is 5.32 Å². The molecule has 1 unspecified atom stereocenters. The molecule has 0 saturated carbocycles. The van der Waals surface area contributed by atoms with Gasteiger partial charge in [0.05, 0.1) is 11.6 Å². The molecule has 0 amide bonds. The molecule has 1 N–H and O–H groups in total. The minimum absolute atomic E-state index is 0.0679. The molecule has 0 aliphatic rings. The van der Waals surface area contributed by atoms with Gasteiger partial charge in [-0.05, 0) is 30.2 Å². The molecule has 0 aromatic heterocycles. The normalized spacial score (nSPS) is 11.6. The maximum Gasteiger partial charge on any atom is 0.143 e. The van der Waals surface area contributed by atoms with Gasteiger partial charge in [-0.2, -0.15) is 5.26 Å². The van der Waals surface area contributed by atoms with Crippen LogP contribution in [0.25, 0.3) is 0 Å². The summed E-state index contributed by atoms with van der Waals surface area (Å²) < 4.78 is 13.5. The van der Waals surface area contributed by atoms with E-state index in [0.29, 0.717) is 5.69 Å². The average molecular weight is 254 g/mol. The second-order valence-electron chi connectivity index (χ2n) is 4.32. The quantitative estimate of drug-likeness (QED) is 0.884. The maximum absolute atomic E-state index is 13.5. The van der Waals surface area contributed by atoms with E-state index in [9.17, 15) is 4.39 Å². The zero-order valence-electron chi connectivity index (χ0n) is 10.7. The lowest BCUT2D eigenvalue weighted by molar-refractivity contribution is 0.623. The fourth-order valence-electron chi connectivity index (χ4n) is 2.00. The molecule has 0 aliphatic carbocycles. The summed E-state index contributed by atoms with van der Waals surface area (Å²) in [7, 11) is 0. The van der Waals surface area contributed by atoms with Crippen molar-refractivity contribution in [3.05, 3.63) is 65.5 Å². The summed E-state index contributed by atoms with van der Waals surface area (Å²) in [6.45, 7) is 2.07. The molecule has 96 valence electrons. The van der Waals surface area contributed by atoms with Crippen molar-refractivity contribution in [3.63, 3.8) is 0 Å². The van der Waals surface area contributed by atoms with Gasteiger partial charge in [0.1, 0.15) is 11.9 Å². The van der Waals surface area contributed by atoms with E-state index in [-0.39, 0.29) is 11.6 Å². The zero-order valence-corrected chi connectivity index (χ0v) is 10.7. The van der Waals surface area contributed by atoms with E-state index >= 15 is 0 Å². The van der Waals surface area contributed by atoms with Gasteiger partial charge in [0.2, 0.25) is 0 Å². The predicted octanol–water partition coefficient (Wildman–Crippen LogP) is 4.26. The Morgan fingerprint density at radius 2 is 1.95 bits per heavy atom. The van der Waals surface area contributed by atoms with Gasteiger partial charge in [-0.25, -0.2) is 4.39 Å². The molecule has 0 fully saturated rings. The van der Waals surface area contributed by atoms with Crippen molar-refractivity contribution in [3.8, 4) is 6.07 Å². The Bertz CT molecular complexity index is 587. The minimum Gasteiger partial charge on any atom is -0.378 e. The Labute approximate surface area is 112 Å². The number of halogens is 1. The van der Waals surface area contributed by atoms with Gasteiger partial charge in [0.15, 0.2) is 0 Å². The van der Waals surface area contributed by atoms with Crippen molar-refractivity contribution in [2.45, 2.75) is 19.4 Å². The van der Waals surface area contributed by atoms with Gasteiger partial charge in [0.25, 0.3) is 0 Å². The second-order valence-corrected chi connectivity index (χ2v) is 4.32. The largest absolute Gasteiger partial charge is 0.378 e. The van der Waals surface area contributed by atoms with E-state index < -0.39 is 5.82 Å². The van der Waals surface area contributed by atoms with Crippen LogP contribution in [0.3, 0.4) is 0 Å². The van der Waals surface area contributed by atoms with Gasteiger partial charge in [-0.15, -0.1) is 0 Å². The number of hydrogen-bond donors (Lipinski definition) is 1. The van der Waals surface area contributed by atoms with Crippen molar-refractivity contribution >= 4 is 5.69 Å². The van der Waals surface area contributed by atoms with Crippen LogP contribution in [0.1, 0.15) is 30.5 Å². The molecule has 3 heteroatoms. The van der Waals surface area contributed by atoms with E-state index in [0.717, 1.165) is 12.0 Å². The highest BCUT2D eigenvalue weighted by Crippen LogP contribution is 2.23. The number of rotatable bonds is 4. The molecule has 0 spiro atoms. The molecule has 0 aliphatic heterocycles. The van der Waals surface area contributed by atoms with E-state index in [1.54, 1.807) is 6.07 Å². The van der Waals surface area contributed by atoms with E-state index in [1.165, 1.54) is 12.1 Å². The Balaban J connectivity index is 2.20. The Hall–Kier alpha value is -2.34. The third-order valence-corrected chi connectivity index (χ3v) is 3.04. The number of nitrogens with zero attached hydrogens (tertiary/aromatic N) is 1. The Morgan fingerprint density at radius 3 is 2.53 bits per heavy atom. The number of hydrogen-bond acceptors (Lipinski definition) is 2. The van der Waals surface area contributed by atoms with Gasteiger partial charge in [-0.1, -0.05) is 37.3 Å². The molecular formula is C16H15FN2. The molecule has 1 atom stereocenters. The van der Waals surface area contributed by atoms with Gasteiger partial charge in [-0.3, -0.25) is 0 Å². The van der Waals surface area contributed by atoms with Gasteiger partial charge < -0.3 is 5.32 Å². The first-order valence-electron chi connectivity index (χ1n) is 6.25.